The van der Waals surface area contributed by atoms with Gasteiger partial charge in [-0.3, -0.25) is 4.90 Å². The number of aromatic nitrogens is 2. The molecule has 1 aliphatic heterocycles. The highest BCUT2D eigenvalue weighted by Gasteiger charge is 2.27. The Balaban J connectivity index is 1.29. The Kier molecular flexibility index (Phi) is 6.99. The standard InChI is InChI=1S/C21H23FN4O4S2/c22-18-6-8-19(9-7-18)29-14-20-23-26(21(31)30-20)16-24-10-12-25(13-11-24)32(27,28)15-17-4-2-1-3-5-17/h1-9H,10-16H2. The molecule has 1 fully saturated rings. The van der Waals surface area contributed by atoms with E-state index in [1.165, 1.54) is 28.6 Å². The maximum Gasteiger partial charge on any atom is 0.288 e. The number of benzene rings is 2. The molecule has 11 heteroatoms. The van der Waals surface area contributed by atoms with Crippen molar-refractivity contribution in [2.24, 2.45) is 0 Å². The third-order valence-electron chi connectivity index (χ3n) is 5.07. The highest BCUT2D eigenvalue weighted by Crippen LogP contribution is 2.15. The van der Waals surface area contributed by atoms with Gasteiger partial charge in [0.15, 0.2) is 6.61 Å². The molecule has 1 saturated heterocycles. The van der Waals surface area contributed by atoms with E-state index in [1.807, 2.05) is 30.3 Å². The van der Waals surface area contributed by atoms with Crippen LogP contribution in [0.3, 0.4) is 0 Å². The maximum absolute atomic E-state index is 13.0. The van der Waals surface area contributed by atoms with Gasteiger partial charge in [0.2, 0.25) is 10.0 Å². The Morgan fingerprint density at radius 2 is 1.72 bits per heavy atom. The molecule has 4 rings (SSSR count). The van der Waals surface area contributed by atoms with Crippen molar-refractivity contribution in [3.8, 4) is 5.75 Å². The molecule has 1 aliphatic rings. The van der Waals surface area contributed by atoms with Crippen molar-refractivity contribution in [1.82, 2.24) is 19.0 Å². The third-order valence-corrected chi connectivity index (χ3v) is 7.22. The number of nitrogens with zero attached hydrogens (tertiary/aromatic N) is 4. The van der Waals surface area contributed by atoms with Crippen LogP contribution in [0.1, 0.15) is 11.5 Å². The van der Waals surface area contributed by atoms with Gasteiger partial charge in [0, 0.05) is 26.2 Å². The number of hydrogen-bond acceptors (Lipinski definition) is 7. The van der Waals surface area contributed by atoms with Crippen molar-refractivity contribution in [2.75, 3.05) is 26.2 Å². The van der Waals surface area contributed by atoms with E-state index in [-0.39, 0.29) is 23.0 Å². The van der Waals surface area contributed by atoms with Gasteiger partial charge < -0.3 is 9.15 Å². The fourth-order valence-electron chi connectivity index (χ4n) is 3.39. The van der Waals surface area contributed by atoms with Crippen molar-refractivity contribution < 1.29 is 22.0 Å². The largest absolute Gasteiger partial charge is 0.484 e. The SMILES string of the molecule is O=S(=O)(Cc1ccccc1)N1CCN(Cn2nc(COc3ccc(F)cc3)oc2=S)CC1. The molecule has 1 aromatic heterocycles. The van der Waals surface area contributed by atoms with E-state index in [0.29, 0.717) is 44.5 Å². The zero-order chi connectivity index (χ0) is 22.6. The van der Waals surface area contributed by atoms with E-state index in [2.05, 4.69) is 10.00 Å². The molecule has 0 unspecified atom stereocenters. The number of sulfonamides is 1. The van der Waals surface area contributed by atoms with Gasteiger partial charge >= 0.3 is 0 Å². The lowest BCUT2D eigenvalue weighted by Crippen LogP contribution is -2.49. The molecule has 8 nitrogen and oxygen atoms in total. The molecule has 0 spiro atoms. The van der Waals surface area contributed by atoms with Gasteiger partial charge in [-0.05, 0) is 42.0 Å². The second-order valence-electron chi connectivity index (χ2n) is 7.40. The summed E-state index contributed by atoms with van der Waals surface area (Å²) in [5.74, 6) is 0.463. The van der Waals surface area contributed by atoms with Crippen LogP contribution < -0.4 is 4.74 Å². The molecule has 32 heavy (non-hydrogen) atoms. The number of ether oxygens (including phenoxy) is 1. The summed E-state index contributed by atoms with van der Waals surface area (Å²) < 4.78 is 52.5. The van der Waals surface area contributed by atoms with Gasteiger partial charge in [-0.25, -0.2) is 17.5 Å². The molecule has 0 N–H and O–H groups in total. The summed E-state index contributed by atoms with van der Waals surface area (Å²) in [5.41, 5.74) is 0.777. The predicted molar refractivity (Wildman–Crippen MR) is 118 cm³/mol. The first-order valence-corrected chi connectivity index (χ1v) is 12.1. The lowest BCUT2D eigenvalue weighted by Gasteiger charge is -2.33. The van der Waals surface area contributed by atoms with E-state index >= 15 is 0 Å². The molecule has 0 atom stereocenters. The third kappa shape index (κ3) is 5.80. The fourth-order valence-corrected chi connectivity index (χ4v) is 5.10. The van der Waals surface area contributed by atoms with Crippen LogP contribution in [0, 0.1) is 10.7 Å². The van der Waals surface area contributed by atoms with E-state index in [0.717, 1.165) is 5.56 Å². The van der Waals surface area contributed by atoms with Gasteiger partial charge in [0.1, 0.15) is 11.6 Å². The highest BCUT2D eigenvalue weighted by atomic mass is 32.2. The van der Waals surface area contributed by atoms with Crippen LogP contribution in [-0.2, 0) is 29.1 Å². The molecule has 0 saturated carbocycles. The summed E-state index contributed by atoms with van der Waals surface area (Å²) in [6, 6.07) is 14.8. The zero-order valence-corrected chi connectivity index (χ0v) is 18.9. The van der Waals surface area contributed by atoms with E-state index in [9.17, 15) is 12.8 Å². The van der Waals surface area contributed by atoms with E-state index < -0.39 is 10.0 Å². The predicted octanol–water partition coefficient (Wildman–Crippen LogP) is 3.03. The molecule has 0 aliphatic carbocycles. The Morgan fingerprint density at radius 3 is 2.41 bits per heavy atom. The number of piperazine rings is 1. The quantitative estimate of drug-likeness (QED) is 0.461. The summed E-state index contributed by atoms with van der Waals surface area (Å²) in [7, 11) is -3.37. The minimum Gasteiger partial charge on any atom is -0.484 e. The smallest absolute Gasteiger partial charge is 0.288 e. The normalized spacial score (nSPS) is 15.7. The van der Waals surface area contributed by atoms with Gasteiger partial charge in [-0.15, -0.1) is 5.10 Å². The average molecular weight is 479 g/mol. The molecular formula is C21H23FN4O4S2. The molecule has 2 aromatic carbocycles. The van der Waals surface area contributed by atoms with E-state index in [1.54, 1.807) is 4.68 Å². The summed E-state index contributed by atoms with van der Waals surface area (Å²) >= 11 is 5.24. The summed E-state index contributed by atoms with van der Waals surface area (Å²) in [6.45, 7) is 2.38. The second kappa shape index (κ2) is 9.90. The minimum absolute atomic E-state index is 0.000397. The lowest BCUT2D eigenvalue weighted by atomic mass is 10.2. The monoisotopic (exact) mass is 478 g/mol. The molecule has 170 valence electrons. The minimum atomic E-state index is -3.37. The van der Waals surface area contributed by atoms with Crippen LogP contribution in [0.25, 0.3) is 0 Å². The second-order valence-corrected chi connectivity index (χ2v) is 9.72. The van der Waals surface area contributed by atoms with Crippen LogP contribution in [-0.4, -0.2) is 53.6 Å². The number of rotatable bonds is 8. The summed E-state index contributed by atoms with van der Waals surface area (Å²) in [5, 5.41) is 4.33. The first-order chi connectivity index (χ1) is 15.4. The lowest BCUT2D eigenvalue weighted by molar-refractivity contribution is 0.143. The van der Waals surface area contributed by atoms with Gasteiger partial charge in [0.05, 0.1) is 12.4 Å². The first kappa shape index (κ1) is 22.6. The van der Waals surface area contributed by atoms with Gasteiger partial charge in [-0.1, -0.05) is 30.3 Å². The molecular weight excluding hydrogens is 455 g/mol. The zero-order valence-electron chi connectivity index (χ0n) is 17.3. The average Bonchev–Trinajstić information content (AvgIpc) is 3.13. The van der Waals surface area contributed by atoms with Crippen molar-refractivity contribution in [3.05, 3.63) is 76.7 Å². The summed E-state index contributed by atoms with van der Waals surface area (Å²) in [4.78, 5) is 2.28. The fraction of sp³-hybridized carbons (Fsp3) is 0.333. The molecule has 3 aromatic rings. The van der Waals surface area contributed by atoms with Crippen LogP contribution in [0.4, 0.5) is 4.39 Å². The van der Waals surface area contributed by atoms with Crippen molar-refractivity contribution in [1.29, 1.82) is 0 Å². The molecule has 0 amide bonds. The van der Waals surface area contributed by atoms with Crippen molar-refractivity contribution in [2.45, 2.75) is 19.0 Å². The first-order valence-electron chi connectivity index (χ1n) is 10.1. The Labute approximate surface area is 190 Å². The van der Waals surface area contributed by atoms with Gasteiger partial charge in [0.25, 0.3) is 10.7 Å². The van der Waals surface area contributed by atoms with Crippen molar-refractivity contribution >= 4 is 22.2 Å². The number of hydrogen-bond donors (Lipinski definition) is 0. The van der Waals surface area contributed by atoms with Crippen LogP contribution in [0.2, 0.25) is 0 Å². The molecule has 0 radical (unpaired) electrons. The van der Waals surface area contributed by atoms with Crippen molar-refractivity contribution in [3.63, 3.8) is 0 Å². The summed E-state index contributed by atoms with van der Waals surface area (Å²) in [6.07, 6.45) is 0. The Bertz CT molecular complexity index is 1190. The topological polar surface area (TPSA) is 80.8 Å². The van der Waals surface area contributed by atoms with Crippen LogP contribution in [0.15, 0.2) is 59.0 Å². The highest BCUT2D eigenvalue weighted by molar-refractivity contribution is 7.88. The van der Waals surface area contributed by atoms with Gasteiger partial charge in [-0.2, -0.15) is 4.31 Å². The molecule has 0 bridgehead atoms. The molecule has 2 heterocycles. The van der Waals surface area contributed by atoms with E-state index in [4.69, 9.17) is 21.4 Å². The van der Waals surface area contributed by atoms with Crippen LogP contribution >= 0.6 is 12.2 Å². The Morgan fingerprint density at radius 1 is 1.03 bits per heavy atom. The maximum atomic E-state index is 13.0. The van der Waals surface area contributed by atoms with Crippen LogP contribution in [0.5, 0.6) is 5.75 Å². The number of halogens is 1. The Hall–Kier alpha value is -2.60.